The van der Waals surface area contributed by atoms with Gasteiger partial charge in [0.25, 0.3) is 11.8 Å². The smallest absolute Gasteiger partial charge is 0.261 e. The molecule has 0 bridgehead atoms. The number of nitrogens with zero attached hydrogens (tertiary/aromatic N) is 2. The Hall–Kier alpha value is -3.58. The number of ketones is 1. The number of fused-ring (bicyclic) bond motifs is 2. The van der Waals surface area contributed by atoms with Gasteiger partial charge in [0, 0.05) is 23.7 Å². The number of amides is 2. The summed E-state index contributed by atoms with van der Waals surface area (Å²) in [7, 11) is 0. The van der Waals surface area contributed by atoms with Gasteiger partial charge in [0.2, 0.25) is 0 Å². The van der Waals surface area contributed by atoms with Gasteiger partial charge in [0.15, 0.2) is 10.8 Å². The highest BCUT2D eigenvalue weighted by Gasteiger charge is 2.34. The lowest BCUT2D eigenvalue weighted by Crippen LogP contribution is -2.31. The van der Waals surface area contributed by atoms with Gasteiger partial charge in [-0.15, -0.1) is 11.3 Å². The average Bonchev–Trinajstić information content (AvgIpc) is 3.44. The summed E-state index contributed by atoms with van der Waals surface area (Å²) in [5, 5.41) is 3.15. The van der Waals surface area contributed by atoms with E-state index < -0.39 is 0 Å². The number of para-hydroxylation sites is 1. The average molecular weight is 416 g/mol. The minimum Gasteiger partial charge on any atom is -0.461 e. The topological polar surface area (TPSA) is 80.5 Å². The van der Waals surface area contributed by atoms with E-state index in [0.717, 1.165) is 11.0 Å². The molecule has 6 nitrogen and oxygen atoms in total. The molecule has 3 heterocycles. The summed E-state index contributed by atoms with van der Waals surface area (Å²) in [5.74, 6) is -0.0889. The number of benzene rings is 2. The molecule has 2 amide bonds. The largest absolute Gasteiger partial charge is 0.461 e. The Kier molecular flexibility index (Phi) is 4.52. The third-order valence-electron chi connectivity index (χ3n) is 5.07. The van der Waals surface area contributed by atoms with E-state index in [-0.39, 0.29) is 30.6 Å². The van der Waals surface area contributed by atoms with Gasteiger partial charge < -0.3 is 4.42 Å². The van der Waals surface area contributed by atoms with E-state index in [1.807, 2.05) is 30.3 Å². The van der Waals surface area contributed by atoms with Crippen molar-refractivity contribution in [1.29, 1.82) is 0 Å². The fourth-order valence-electron chi connectivity index (χ4n) is 3.58. The minimum atomic E-state index is -0.285. The molecule has 30 heavy (non-hydrogen) atoms. The van der Waals surface area contributed by atoms with Crippen LogP contribution in [0.1, 0.15) is 42.0 Å². The van der Waals surface area contributed by atoms with E-state index in [9.17, 15) is 14.4 Å². The van der Waals surface area contributed by atoms with Crippen LogP contribution in [0.4, 0.5) is 0 Å². The molecule has 7 heteroatoms. The van der Waals surface area contributed by atoms with Crippen LogP contribution in [0.3, 0.4) is 0 Å². The zero-order chi connectivity index (χ0) is 20.7. The third kappa shape index (κ3) is 3.23. The number of rotatable bonds is 6. The van der Waals surface area contributed by atoms with E-state index in [1.54, 1.807) is 29.6 Å². The fourth-order valence-corrected chi connectivity index (χ4v) is 4.37. The van der Waals surface area contributed by atoms with Gasteiger partial charge in [-0.05, 0) is 24.3 Å². The van der Waals surface area contributed by atoms with Crippen LogP contribution >= 0.6 is 11.3 Å². The van der Waals surface area contributed by atoms with E-state index in [0.29, 0.717) is 34.0 Å². The maximum absolute atomic E-state index is 12.6. The van der Waals surface area contributed by atoms with Crippen molar-refractivity contribution in [1.82, 2.24) is 9.88 Å². The first-order valence-electron chi connectivity index (χ1n) is 9.50. The maximum Gasteiger partial charge on any atom is 0.261 e. The van der Waals surface area contributed by atoms with Crippen molar-refractivity contribution < 1.29 is 18.8 Å². The number of hydrogen-bond acceptors (Lipinski definition) is 6. The van der Waals surface area contributed by atoms with Crippen LogP contribution in [0.5, 0.6) is 0 Å². The number of aromatic nitrogens is 1. The van der Waals surface area contributed by atoms with E-state index >= 15 is 0 Å². The quantitative estimate of drug-likeness (QED) is 0.348. The first-order valence-corrected chi connectivity index (χ1v) is 10.4. The van der Waals surface area contributed by atoms with Gasteiger partial charge in [0.05, 0.1) is 23.2 Å². The molecule has 148 valence electrons. The van der Waals surface area contributed by atoms with Crippen LogP contribution in [0, 0.1) is 0 Å². The number of Topliss-reactive ketones (excluding diaryl/α,β-unsaturated/α-hetero) is 1. The van der Waals surface area contributed by atoms with Gasteiger partial charge in [0.1, 0.15) is 11.3 Å². The lowest BCUT2D eigenvalue weighted by molar-refractivity contribution is 0.0655. The summed E-state index contributed by atoms with van der Waals surface area (Å²) in [6, 6.07) is 16.3. The molecule has 5 rings (SSSR count). The van der Waals surface area contributed by atoms with Gasteiger partial charge in [-0.2, -0.15) is 0 Å². The predicted octanol–water partition coefficient (Wildman–Crippen LogP) is 4.15. The molecule has 0 saturated heterocycles. The van der Waals surface area contributed by atoms with Crippen LogP contribution in [0.15, 0.2) is 64.4 Å². The summed E-state index contributed by atoms with van der Waals surface area (Å²) in [5.41, 5.74) is 2.30. The summed E-state index contributed by atoms with van der Waals surface area (Å²) < 4.78 is 5.71. The lowest BCUT2D eigenvalue weighted by Gasteiger charge is -2.12. The highest BCUT2D eigenvalue weighted by Crippen LogP contribution is 2.24. The molecule has 4 aromatic rings. The molecule has 0 N–H and O–H groups in total. The zero-order valence-electron chi connectivity index (χ0n) is 15.8. The Balaban J connectivity index is 1.24. The number of furan rings is 1. The number of hydrogen-bond donors (Lipinski definition) is 0. The number of carbonyl (C=O) groups excluding carboxylic acids is 3. The molecule has 2 aromatic heterocycles. The van der Waals surface area contributed by atoms with E-state index in [1.165, 1.54) is 16.2 Å². The van der Waals surface area contributed by atoms with Crippen molar-refractivity contribution in [3.05, 3.63) is 87.6 Å². The third-order valence-corrected chi connectivity index (χ3v) is 6.00. The number of carbonyl (C=O) groups is 3. The van der Waals surface area contributed by atoms with Crippen molar-refractivity contribution in [3.63, 3.8) is 0 Å². The molecule has 2 aromatic carbocycles. The highest BCUT2D eigenvalue weighted by atomic mass is 32.1. The first kappa shape index (κ1) is 18.4. The molecule has 1 aliphatic heterocycles. The van der Waals surface area contributed by atoms with Crippen LogP contribution < -0.4 is 0 Å². The maximum atomic E-state index is 12.6. The molecule has 0 fully saturated rings. The molecule has 0 unspecified atom stereocenters. The summed E-state index contributed by atoms with van der Waals surface area (Å²) in [6.07, 6.45) is 0.542. The van der Waals surface area contributed by atoms with Crippen LogP contribution in [-0.4, -0.2) is 34.0 Å². The number of thiazole rings is 1. The van der Waals surface area contributed by atoms with Crippen molar-refractivity contribution in [2.45, 2.75) is 12.8 Å². The van der Waals surface area contributed by atoms with Crippen molar-refractivity contribution in [2.75, 3.05) is 6.54 Å². The Labute approximate surface area is 175 Å². The van der Waals surface area contributed by atoms with Crippen molar-refractivity contribution in [3.8, 4) is 0 Å². The molecule has 0 saturated carbocycles. The SMILES string of the molecule is O=C(Cc1cc2ccccc2o1)c1nc(CCN2C(=O)c3ccccc3C2=O)cs1. The van der Waals surface area contributed by atoms with Crippen LogP contribution in [0.25, 0.3) is 11.0 Å². The van der Waals surface area contributed by atoms with Gasteiger partial charge in [-0.25, -0.2) is 4.98 Å². The van der Waals surface area contributed by atoms with Crippen LogP contribution in [-0.2, 0) is 12.8 Å². The summed E-state index contributed by atoms with van der Waals surface area (Å²) in [6.45, 7) is 0.229. The molecule has 0 spiro atoms. The lowest BCUT2D eigenvalue weighted by atomic mass is 10.1. The zero-order valence-corrected chi connectivity index (χ0v) is 16.6. The molecular weight excluding hydrogens is 400 g/mol. The van der Waals surface area contributed by atoms with Gasteiger partial charge in [-0.3, -0.25) is 19.3 Å². The van der Waals surface area contributed by atoms with Crippen LogP contribution in [0.2, 0.25) is 0 Å². The minimum absolute atomic E-state index is 0.119. The molecule has 0 radical (unpaired) electrons. The number of imide groups is 1. The molecule has 0 aliphatic carbocycles. The summed E-state index contributed by atoms with van der Waals surface area (Å²) in [4.78, 5) is 43.1. The van der Waals surface area contributed by atoms with Crippen molar-refractivity contribution >= 4 is 39.9 Å². The molecule has 0 atom stereocenters. The first-order chi connectivity index (χ1) is 14.6. The van der Waals surface area contributed by atoms with E-state index in [2.05, 4.69) is 4.98 Å². The summed E-state index contributed by atoms with van der Waals surface area (Å²) >= 11 is 1.26. The fraction of sp³-hybridized carbons (Fsp3) is 0.130. The van der Waals surface area contributed by atoms with E-state index in [4.69, 9.17) is 4.42 Å². The monoisotopic (exact) mass is 416 g/mol. The van der Waals surface area contributed by atoms with Gasteiger partial charge in [-0.1, -0.05) is 30.3 Å². The second-order valence-corrected chi connectivity index (χ2v) is 7.91. The Morgan fingerprint density at radius 1 is 1.00 bits per heavy atom. The Morgan fingerprint density at radius 3 is 2.43 bits per heavy atom. The highest BCUT2D eigenvalue weighted by molar-refractivity contribution is 7.11. The Morgan fingerprint density at radius 2 is 1.70 bits per heavy atom. The Bertz CT molecular complexity index is 1240. The second kappa shape index (κ2) is 7.35. The van der Waals surface area contributed by atoms with Crippen molar-refractivity contribution in [2.24, 2.45) is 0 Å². The van der Waals surface area contributed by atoms with Gasteiger partial charge >= 0.3 is 0 Å². The predicted molar refractivity (Wildman–Crippen MR) is 112 cm³/mol. The standard InChI is InChI=1S/C23H16N2O4S/c26-19(12-16-11-14-5-1-4-8-20(14)29-16)21-24-15(13-30-21)9-10-25-22(27)17-6-2-3-7-18(17)23(25)28/h1-8,11,13H,9-10,12H2. The second-order valence-electron chi connectivity index (χ2n) is 7.05. The molecular formula is C23H16N2O4S. The normalized spacial score (nSPS) is 13.3. The molecule has 1 aliphatic rings.